The summed E-state index contributed by atoms with van der Waals surface area (Å²) in [5.41, 5.74) is 2.02. The van der Waals surface area contributed by atoms with Crippen molar-refractivity contribution in [1.29, 1.82) is 0 Å². The van der Waals surface area contributed by atoms with Gasteiger partial charge in [0, 0.05) is 6.08 Å². The Kier molecular flexibility index (Phi) is 5.82. The predicted octanol–water partition coefficient (Wildman–Crippen LogP) is 5.09. The molecule has 0 spiro atoms. The summed E-state index contributed by atoms with van der Waals surface area (Å²) in [5, 5.41) is 0. The van der Waals surface area contributed by atoms with Crippen molar-refractivity contribution in [3.8, 4) is 0 Å². The van der Waals surface area contributed by atoms with Gasteiger partial charge in [0.15, 0.2) is 0 Å². The van der Waals surface area contributed by atoms with Crippen LogP contribution in [0.4, 0.5) is 0 Å². The van der Waals surface area contributed by atoms with Crippen LogP contribution in [0.1, 0.15) is 52.5 Å². The molecule has 3 unspecified atom stereocenters. The maximum atomic E-state index is 12.3. The van der Waals surface area contributed by atoms with E-state index in [0.717, 1.165) is 24.0 Å². The van der Waals surface area contributed by atoms with Crippen LogP contribution in [-0.2, 0) is 9.53 Å². The van der Waals surface area contributed by atoms with Crippen LogP contribution in [0.2, 0.25) is 0 Å². The minimum absolute atomic E-state index is 0.0658. The largest absolute Gasteiger partial charge is 0.459 e. The lowest BCUT2D eigenvalue weighted by molar-refractivity contribution is -0.149. The third-order valence-corrected chi connectivity index (χ3v) is 4.79. The zero-order valence-corrected chi connectivity index (χ0v) is 14.2. The molecule has 1 aromatic rings. The van der Waals surface area contributed by atoms with Crippen LogP contribution in [0.3, 0.4) is 0 Å². The Labute approximate surface area is 134 Å². The predicted molar refractivity (Wildman–Crippen MR) is 91.3 cm³/mol. The molecule has 0 aliphatic heterocycles. The summed E-state index contributed by atoms with van der Waals surface area (Å²) in [4.78, 5) is 12.3. The fourth-order valence-corrected chi connectivity index (χ4v) is 3.39. The zero-order chi connectivity index (χ0) is 16.1. The minimum Gasteiger partial charge on any atom is -0.459 e. The van der Waals surface area contributed by atoms with Gasteiger partial charge >= 0.3 is 5.97 Å². The van der Waals surface area contributed by atoms with E-state index in [0.29, 0.717) is 17.8 Å². The quantitative estimate of drug-likeness (QED) is 0.571. The number of carbonyl (C=O) groups excluding carboxylic acids is 1. The van der Waals surface area contributed by atoms with Crippen molar-refractivity contribution in [3.05, 3.63) is 42.0 Å². The van der Waals surface area contributed by atoms with Crippen LogP contribution in [0.15, 0.2) is 36.4 Å². The molecule has 0 N–H and O–H groups in total. The van der Waals surface area contributed by atoms with Gasteiger partial charge in [0.2, 0.25) is 0 Å². The second-order valence-corrected chi connectivity index (χ2v) is 6.99. The van der Waals surface area contributed by atoms with E-state index in [2.05, 4.69) is 20.8 Å². The standard InChI is InChI=1S/C20H28O2/c1-14(2)18-11-10-15(3)12-19(18)22-20(21)13-16(4)17-8-6-5-7-9-17/h5-9,13-15,18-19H,10-12H2,1-4H3. The average molecular weight is 300 g/mol. The molecule has 0 aromatic heterocycles. The van der Waals surface area contributed by atoms with Gasteiger partial charge in [-0.3, -0.25) is 0 Å². The number of carbonyl (C=O) groups is 1. The number of hydrogen-bond donors (Lipinski definition) is 0. The number of ether oxygens (including phenoxy) is 1. The molecule has 1 aliphatic rings. The Hall–Kier alpha value is -1.57. The summed E-state index contributed by atoms with van der Waals surface area (Å²) in [6, 6.07) is 9.97. The SMILES string of the molecule is CC(=CC(=O)OC1CC(C)CCC1C(C)C)c1ccccc1. The topological polar surface area (TPSA) is 26.3 Å². The van der Waals surface area contributed by atoms with Gasteiger partial charge in [-0.2, -0.15) is 0 Å². The molecule has 22 heavy (non-hydrogen) atoms. The Morgan fingerprint density at radius 3 is 2.55 bits per heavy atom. The lowest BCUT2D eigenvalue weighted by Crippen LogP contribution is -2.35. The molecule has 0 radical (unpaired) electrons. The van der Waals surface area contributed by atoms with Crippen molar-refractivity contribution in [2.45, 2.75) is 53.1 Å². The van der Waals surface area contributed by atoms with Gasteiger partial charge in [-0.15, -0.1) is 0 Å². The Balaban J connectivity index is 2.03. The fraction of sp³-hybridized carbons (Fsp3) is 0.550. The van der Waals surface area contributed by atoms with Gasteiger partial charge in [-0.1, -0.05) is 57.5 Å². The van der Waals surface area contributed by atoms with E-state index in [1.54, 1.807) is 6.08 Å². The molecule has 1 aliphatic carbocycles. The van der Waals surface area contributed by atoms with Crippen molar-refractivity contribution in [1.82, 2.24) is 0 Å². The van der Waals surface area contributed by atoms with E-state index in [1.807, 2.05) is 37.3 Å². The zero-order valence-electron chi connectivity index (χ0n) is 14.2. The van der Waals surface area contributed by atoms with Gasteiger partial charge in [0.1, 0.15) is 6.10 Å². The molecule has 0 heterocycles. The number of esters is 1. The van der Waals surface area contributed by atoms with Gasteiger partial charge in [-0.05, 0) is 48.7 Å². The highest BCUT2D eigenvalue weighted by atomic mass is 16.5. The highest BCUT2D eigenvalue weighted by Gasteiger charge is 2.33. The summed E-state index contributed by atoms with van der Waals surface area (Å²) in [7, 11) is 0. The number of benzene rings is 1. The maximum Gasteiger partial charge on any atom is 0.331 e. The van der Waals surface area contributed by atoms with E-state index in [4.69, 9.17) is 4.74 Å². The van der Waals surface area contributed by atoms with Gasteiger partial charge in [0.05, 0.1) is 0 Å². The van der Waals surface area contributed by atoms with Crippen molar-refractivity contribution >= 4 is 11.5 Å². The first-order chi connectivity index (χ1) is 10.5. The van der Waals surface area contributed by atoms with Gasteiger partial charge in [0.25, 0.3) is 0 Å². The Morgan fingerprint density at radius 1 is 1.23 bits per heavy atom. The molecule has 3 atom stereocenters. The van der Waals surface area contributed by atoms with E-state index in [9.17, 15) is 4.79 Å². The summed E-state index contributed by atoms with van der Waals surface area (Å²) in [6.45, 7) is 8.67. The Bertz CT molecular complexity index is 516. The molecular formula is C20H28O2. The maximum absolute atomic E-state index is 12.3. The number of rotatable bonds is 4. The van der Waals surface area contributed by atoms with Gasteiger partial charge in [-0.25, -0.2) is 4.79 Å². The van der Waals surface area contributed by atoms with Crippen LogP contribution < -0.4 is 0 Å². The molecule has 2 heteroatoms. The van der Waals surface area contributed by atoms with E-state index in [-0.39, 0.29) is 12.1 Å². The minimum atomic E-state index is -0.203. The third kappa shape index (κ3) is 4.46. The molecule has 0 saturated heterocycles. The first-order valence-corrected chi connectivity index (χ1v) is 8.41. The van der Waals surface area contributed by atoms with Crippen LogP contribution in [0, 0.1) is 17.8 Å². The molecule has 2 rings (SSSR count). The highest BCUT2D eigenvalue weighted by molar-refractivity contribution is 5.91. The lowest BCUT2D eigenvalue weighted by atomic mass is 9.75. The molecule has 0 amide bonds. The monoisotopic (exact) mass is 300 g/mol. The summed E-state index contributed by atoms with van der Waals surface area (Å²) in [5.74, 6) is 1.49. The fourth-order valence-electron chi connectivity index (χ4n) is 3.39. The summed E-state index contributed by atoms with van der Waals surface area (Å²) >= 11 is 0. The average Bonchev–Trinajstić information content (AvgIpc) is 2.47. The highest BCUT2D eigenvalue weighted by Crippen LogP contribution is 2.35. The first kappa shape index (κ1) is 16.8. The van der Waals surface area contributed by atoms with E-state index in [1.165, 1.54) is 6.42 Å². The summed E-state index contributed by atoms with van der Waals surface area (Å²) < 4.78 is 5.81. The van der Waals surface area contributed by atoms with Gasteiger partial charge < -0.3 is 4.74 Å². The van der Waals surface area contributed by atoms with E-state index >= 15 is 0 Å². The smallest absolute Gasteiger partial charge is 0.331 e. The van der Waals surface area contributed by atoms with Crippen LogP contribution >= 0.6 is 0 Å². The van der Waals surface area contributed by atoms with Crippen molar-refractivity contribution in [2.24, 2.45) is 17.8 Å². The first-order valence-electron chi connectivity index (χ1n) is 8.41. The molecule has 120 valence electrons. The molecule has 1 fully saturated rings. The molecule has 2 nitrogen and oxygen atoms in total. The summed E-state index contributed by atoms with van der Waals surface area (Å²) in [6.07, 6.45) is 5.10. The van der Waals surface area contributed by atoms with Crippen LogP contribution in [0.25, 0.3) is 5.57 Å². The molecule has 0 bridgehead atoms. The number of hydrogen-bond acceptors (Lipinski definition) is 2. The van der Waals surface area contributed by atoms with Crippen LogP contribution in [-0.4, -0.2) is 12.1 Å². The second kappa shape index (κ2) is 7.62. The van der Waals surface area contributed by atoms with Crippen molar-refractivity contribution in [2.75, 3.05) is 0 Å². The Morgan fingerprint density at radius 2 is 1.91 bits per heavy atom. The second-order valence-electron chi connectivity index (χ2n) is 6.99. The normalized spacial score (nSPS) is 26.0. The van der Waals surface area contributed by atoms with E-state index < -0.39 is 0 Å². The van der Waals surface area contributed by atoms with Crippen LogP contribution in [0.5, 0.6) is 0 Å². The third-order valence-electron chi connectivity index (χ3n) is 4.79. The lowest BCUT2D eigenvalue weighted by Gasteiger charge is -2.36. The number of allylic oxidation sites excluding steroid dienone is 1. The molecular weight excluding hydrogens is 272 g/mol. The van der Waals surface area contributed by atoms with Crippen molar-refractivity contribution in [3.63, 3.8) is 0 Å². The molecule has 1 saturated carbocycles. The van der Waals surface area contributed by atoms with Crippen molar-refractivity contribution < 1.29 is 9.53 Å². The molecule has 1 aromatic carbocycles.